The van der Waals surface area contributed by atoms with Crippen molar-refractivity contribution >= 4 is 29.3 Å². The molecule has 1 aromatic carbocycles. The molecule has 1 atom stereocenters. The summed E-state index contributed by atoms with van der Waals surface area (Å²) >= 11 is 5.80. The van der Waals surface area contributed by atoms with Crippen LogP contribution in [-0.4, -0.2) is 34.9 Å². The number of hydrogen-bond donors (Lipinski definition) is 4. The molecule has 0 saturated carbocycles. The topological polar surface area (TPSA) is 122 Å². The van der Waals surface area contributed by atoms with Crippen molar-refractivity contribution in [2.45, 2.75) is 12.5 Å². The molecule has 7 nitrogen and oxygen atoms in total. The normalized spacial score (nSPS) is 11.2. The van der Waals surface area contributed by atoms with Crippen molar-refractivity contribution in [2.24, 2.45) is 0 Å². The van der Waals surface area contributed by atoms with Crippen LogP contribution in [0.1, 0.15) is 12.0 Å². The molecule has 106 valence electrons. The molecule has 0 fully saturated rings. The van der Waals surface area contributed by atoms with Gasteiger partial charge in [-0.05, 0) is 18.2 Å². The van der Waals surface area contributed by atoms with E-state index >= 15 is 0 Å². The van der Waals surface area contributed by atoms with Crippen LogP contribution in [0.15, 0.2) is 18.2 Å². The molecule has 4 N–H and O–H groups in total. The Hall–Kier alpha value is -2.30. The smallest absolute Gasteiger partial charge is 0.332 e. The highest BCUT2D eigenvalue weighted by molar-refractivity contribution is 6.32. The number of aliphatic hydroxyl groups is 1. The Morgan fingerprint density at radius 2 is 2.15 bits per heavy atom. The van der Waals surface area contributed by atoms with Gasteiger partial charge in [-0.2, -0.15) is 5.26 Å². The van der Waals surface area contributed by atoms with E-state index in [-0.39, 0.29) is 18.0 Å². The average molecular weight is 298 g/mol. The highest BCUT2D eigenvalue weighted by atomic mass is 35.5. The molecule has 1 rings (SSSR count). The number of urea groups is 1. The summed E-state index contributed by atoms with van der Waals surface area (Å²) in [5.74, 6) is -1.34. The number of nitrogens with one attached hydrogen (secondary N) is 2. The minimum Gasteiger partial charge on any atom is -0.479 e. The Kier molecular flexibility index (Phi) is 5.77. The Morgan fingerprint density at radius 3 is 2.70 bits per heavy atom. The maximum absolute atomic E-state index is 11.5. The maximum Gasteiger partial charge on any atom is 0.332 e. The van der Waals surface area contributed by atoms with Crippen molar-refractivity contribution in [3.8, 4) is 6.07 Å². The van der Waals surface area contributed by atoms with E-state index in [0.717, 1.165) is 0 Å². The molecule has 0 radical (unpaired) electrons. The molecule has 1 aromatic rings. The summed E-state index contributed by atoms with van der Waals surface area (Å²) in [5, 5.41) is 31.2. The molecule has 8 heteroatoms. The van der Waals surface area contributed by atoms with E-state index in [0.29, 0.717) is 11.3 Å². The number of rotatable bonds is 5. The van der Waals surface area contributed by atoms with Crippen LogP contribution < -0.4 is 10.6 Å². The highest BCUT2D eigenvalue weighted by Gasteiger charge is 2.12. The number of nitrogens with zero attached hydrogens (tertiary/aromatic N) is 1. The zero-order chi connectivity index (χ0) is 15.1. The largest absolute Gasteiger partial charge is 0.479 e. The van der Waals surface area contributed by atoms with Gasteiger partial charge in [0.25, 0.3) is 0 Å². The first-order valence-corrected chi connectivity index (χ1v) is 5.97. The van der Waals surface area contributed by atoms with Crippen LogP contribution in [0.25, 0.3) is 0 Å². The number of hydrogen-bond acceptors (Lipinski definition) is 4. The summed E-state index contributed by atoms with van der Waals surface area (Å²) in [4.78, 5) is 21.8. The van der Waals surface area contributed by atoms with Gasteiger partial charge < -0.3 is 20.8 Å². The van der Waals surface area contributed by atoms with E-state index in [1.165, 1.54) is 18.2 Å². The van der Waals surface area contributed by atoms with E-state index in [1.54, 1.807) is 0 Å². The molecule has 0 unspecified atom stereocenters. The van der Waals surface area contributed by atoms with Gasteiger partial charge in [0.1, 0.15) is 6.07 Å². The Labute approximate surface area is 119 Å². The lowest BCUT2D eigenvalue weighted by Crippen LogP contribution is -2.33. The predicted molar refractivity (Wildman–Crippen MR) is 71.4 cm³/mol. The third-order valence-electron chi connectivity index (χ3n) is 2.34. The van der Waals surface area contributed by atoms with Crippen molar-refractivity contribution in [1.29, 1.82) is 5.26 Å². The number of carboxylic acids is 1. The van der Waals surface area contributed by atoms with Crippen LogP contribution in [0.3, 0.4) is 0 Å². The number of nitriles is 1. The van der Waals surface area contributed by atoms with Gasteiger partial charge in [-0.25, -0.2) is 9.59 Å². The van der Waals surface area contributed by atoms with E-state index in [1.807, 2.05) is 6.07 Å². The lowest BCUT2D eigenvalue weighted by Gasteiger charge is -2.09. The van der Waals surface area contributed by atoms with E-state index in [9.17, 15) is 9.59 Å². The molecular formula is C12H12ClN3O4. The molecular weight excluding hydrogens is 286 g/mol. The van der Waals surface area contributed by atoms with Gasteiger partial charge >= 0.3 is 12.0 Å². The molecule has 0 aliphatic carbocycles. The van der Waals surface area contributed by atoms with E-state index < -0.39 is 18.1 Å². The third kappa shape index (κ3) is 4.76. The molecule has 0 spiro atoms. The second-order valence-corrected chi connectivity index (χ2v) is 4.24. The number of carboxylic acid groups (broad SMARTS) is 1. The fraction of sp³-hybridized carbons (Fsp3) is 0.250. The molecule has 0 aliphatic rings. The van der Waals surface area contributed by atoms with Gasteiger partial charge in [0.2, 0.25) is 0 Å². The lowest BCUT2D eigenvalue weighted by molar-refractivity contribution is -0.146. The summed E-state index contributed by atoms with van der Waals surface area (Å²) in [6.07, 6.45) is -1.61. The number of halogens is 1. The first-order valence-electron chi connectivity index (χ1n) is 5.59. The van der Waals surface area contributed by atoms with Crippen molar-refractivity contribution in [1.82, 2.24) is 5.32 Å². The minimum absolute atomic E-state index is 0.00328. The van der Waals surface area contributed by atoms with Crippen LogP contribution in [0, 0.1) is 11.3 Å². The van der Waals surface area contributed by atoms with Crippen LogP contribution >= 0.6 is 11.6 Å². The van der Waals surface area contributed by atoms with Gasteiger partial charge in [-0.3, -0.25) is 0 Å². The van der Waals surface area contributed by atoms with Crippen molar-refractivity contribution < 1.29 is 19.8 Å². The monoisotopic (exact) mass is 297 g/mol. The summed E-state index contributed by atoms with van der Waals surface area (Å²) in [6.45, 7) is 0.00328. The lowest BCUT2D eigenvalue weighted by atomic mass is 10.2. The van der Waals surface area contributed by atoms with Gasteiger partial charge in [-0.1, -0.05) is 11.6 Å². The van der Waals surface area contributed by atoms with Crippen LogP contribution in [0.4, 0.5) is 10.5 Å². The van der Waals surface area contributed by atoms with Crippen LogP contribution in [-0.2, 0) is 4.79 Å². The predicted octanol–water partition coefficient (Wildman–Crippen LogP) is 1.17. The molecule has 0 heterocycles. The summed E-state index contributed by atoms with van der Waals surface area (Å²) < 4.78 is 0. The van der Waals surface area contributed by atoms with Crippen molar-refractivity contribution in [3.05, 3.63) is 28.8 Å². The number of amides is 2. The zero-order valence-electron chi connectivity index (χ0n) is 10.3. The number of aliphatic carboxylic acids is 1. The van der Waals surface area contributed by atoms with E-state index in [4.69, 9.17) is 27.1 Å². The van der Waals surface area contributed by atoms with Crippen LogP contribution in [0.2, 0.25) is 5.02 Å². The van der Waals surface area contributed by atoms with Crippen molar-refractivity contribution in [2.75, 3.05) is 11.9 Å². The average Bonchev–Trinajstić information content (AvgIpc) is 2.38. The second-order valence-electron chi connectivity index (χ2n) is 3.83. The summed E-state index contributed by atoms with van der Waals surface area (Å²) in [7, 11) is 0. The first kappa shape index (κ1) is 15.8. The Bertz CT molecular complexity index is 556. The van der Waals surface area contributed by atoms with Gasteiger partial charge in [0.05, 0.1) is 10.6 Å². The number of aliphatic hydroxyl groups excluding tert-OH is 1. The number of carbonyl (C=O) groups is 2. The van der Waals surface area contributed by atoms with Gasteiger partial charge in [0.15, 0.2) is 6.10 Å². The SMILES string of the molecule is N#Cc1ccc(NC(=O)NCC[C@H](O)C(=O)O)cc1Cl. The summed E-state index contributed by atoms with van der Waals surface area (Å²) in [6, 6.07) is 5.72. The van der Waals surface area contributed by atoms with E-state index in [2.05, 4.69) is 10.6 Å². The highest BCUT2D eigenvalue weighted by Crippen LogP contribution is 2.19. The number of anilines is 1. The minimum atomic E-state index is -1.51. The molecule has 2 amide bonds. The summed E-state index contributed by atoms with van der Waals surface area (Å²) in [5.41, 5.74) is 0.687. The quantitative estimate of drug-likeness (QED) is 0.649. The third-order valence-corrected chi connectivity index (χ3v) is 2.65. The van der Waals surface area contributed by atoms with Gasteiger partial charge in [-0.15, -0.1) is 0 Å². The molecule has 20 heavy (non-hydrogen) atoms. The fourth-order valence-corrected chi connectivity index (χ4v) is 1.53. The fourth-order valence-electron chi connectivity index (χ4n) is 1.30. The second kappa shape index (κ2) is 7.33. The zero-order valence-corrected chi connectivity index (χ0v) is 11.0. The number of benzene rings is 1. The standard InChI is InChI=1S/C12H12ClN3O4/c13-9-5-8(2-1-7(9)6-14)16-12(20)15-4-3-10(17)11(18)19/h1-2,5,10,17H,3-4H2,(H,18,19)(H2,15,16,20)/t10-/m0/s1. The molecule has 0 saturated heterocycles. The van der Waals surface area contributed by atoms with Crippen LogP contribution in [0.5, 0.6) is 0 Å². The Morgan fingerprint density at radius 1 is 1.45 bits per heavy atom. The first-order chi connectivity index (χ1) is 9.43. The maximum atomic E-state index is 11.5. The Balaban J connectivity index is 2.45. The van der Waals surface area contributed by atoms with Crippen molar-refractivity contribution in [3.63, 3.8) is 0 Å². The molecule has 0 bridgehead atoms. The number of carbonyl (C=O) groups excluding carboxylic acids is 1. The molecule has 0 aliphatic heterocycles. The molecule has 0 aromatic heterocycles. The van der Waals surface area contributed by atoms with Gasteiger partial charge in [0, 0.05) is 18.7 Å².